The van der Waals surface area contributed by atoms with Gasteiger partial charge in [0.15, 0.2) is 6.10 Å². The Morgan fingerprint density at radius 3 is 1.59 bits per heavy atom. The number of hydrogen-bond acceptors (Lipinski definition) is 10. The van der Waals surface area contributed by atoms with E-state index in [0.717, 1.165) is 51.4 Å². The lowest BCUT2D eigenvalue weighted by molar-refractivity contribution is -0.161. The molecule has 1 aliphatic rings. The van der Waals surface area contributed by atoms with Crippen molar-refractivity contribution < 1.29 is 52.2 Å². The molecule has 1 rings (SSSR count). The molecule has 13 heteroatoms. The van der Waals surface area contributed by atoms with Crippen LogP contribution in [0.4, 0.5) is 0 Å². The fraction of sp³-hybridized carbons (Fsp3) is 0.604. The number of esters is 2. The van der Waals surface area contributed by atoms with Crippen molar-refractivity contribution in [1.82, 2.24) is 0 Å². The Balaban J connectivity index is 2.40. The van der Waals surface area contributed by atoms with Crippen LogP contribution < -0.4 is 5.73 Å². The number of unbranched alkanes of at least 4 members (excludes halogenated alkanes) is 6. The molecule has 0 amide bonds. The van der Waals surface area contributed by atoms with E-state index >= 15 is 0 Å². The first kappa shape index (κ1) is 55.4. The maximum atomic E-state index is 12.6. The van der Waals surface area contributed by atoms with Crippen LogP contribution in [0.5, 0.6) is 0 Å². The quantitative estimate of drug-likeness (QED) is 0.0175. The molecule has 0 saturated carbocycles. The number of carbonyl (C=O) groups is 3. The van der Waals surface area contributed by atoms with Gasteiger partial charge in [-0.2, -0.15) is 0 Å². The first-order valence-corrected chi connectivity index (χ1v) is 23.9. The number of carbonyl (C=O) groups excluding carboxylic acids is 2. The number of rotatable bonds is 39. The Labute approximate surface area is 366 Å². The van der Waals surface area contributed by atoms with E-state index in [0.29, 0.717) is 25.7 Å². The highest BCUT2D eigenvalue weighted by Gasteiger charge is 2.36. The number of allylic oxidation sites excluding steroid dienone is 15. The number of hydrogen-bond donors (Lipinski definition) is 3. The van der Waals surface area contributed by atoms with E-state index in [-0.39, 0.29) is 25.0 Å². The molecule has 0 bridgehead atoms. The molecule has 1 heterocycles. The third-order valence-corrected chi connectivity index (χ3v) is 10.2. The lowest BCUT2D eigenvalue weighted by Gasteiger charge is -2.20. The van der Waals surface area contributed by atoms with Crippen LogP contribution in [0.3, 0.4) is 0 Å². The van der Waals surface area contributed by atoms with E-state index in [4.69, 9.17) is 29.6 Å². The van der Waals surface area contributed by atoms with Gasteiger partial charge < -0.3 is 29.9 Å². The molecule has 3 unspecified atom stereocenters. The largest absolute Gasteiger partial charge is 0.480 e. The van der Waals surface area contributed by atoms with Gasteiger partial charge in [0.05, 0.1) is 25.4 Å². The van der Waals surface area contributed by atoms with Gasteiger partial charge in [0.1, 0.15) is 12.6 Å². The van der Waals surface area contributed by atoms with Gasteiger partial charge in [0, 0.05) is 12.8 Å². The van der Waals surface area contributed by atoms with Crippen LogP contribution in [0.25, 0.3) is 0 Å². The second kappa shape index (κ2) is 38.1. The molecule has 0 aromatic rings. The fourth-order valence-corrected chi connectivity index (χ4v) is 6.38. The number of nitrogens with two attached hydrogens (primary N) is 1. The summed E-state index contributed by atoms with van der Waals surface area (Å²) in [6.45, 7) is 2.58. The Bertz CT molecular complexity index is 1460. The second-order valence-corrected chi connectivity index (χ2v) is 16.3. The molecule has 0 radical (unpaired) electrons. The second-order valence-electron chi connectivity index (χ2n) is 14.9. The molecule has 0 spiro atoms. The van der Waals surface area contributed by atoms with Crippen molar-refractivity contribution in [1.29, 1.82) is 0 Å². The summed E-state index contributed by atoms with van der Waals surface area (Å²) < 4.78 is 38.4. The third kappa shape index (κ3) is 35.6. The van der Waals surface area contributed by atoms with Crippen LogP contribution >= 0.6 is 7.82 Å². The molecule has 4 N–H and O–H groups in total. The van der Waals surface area contributed by atoms with Gasteiger partial charge in [0.2, 0.25) is 0 Å². The van der Waals surface area contributed by atoms with E-state index in [2.05, 4.69) is 97.4 Å². The molecule has 0 aliphatic carbocycles. The van der Waals surface area contributed by atoms with Gasteiger partial charge in [-0.15, -0.1) is 0 Å². The van der Waals surface area contributed by atoms with Crippen molar-refractivity contribution >= 4 is 25.7 Å². The zero-order valence-electron chi connectivity index (χ0n) is 36.9. The maximum absolute atomic E-state index is 12.6. The Morgan fingerprint density at radius 1 is 0.607 bits per heavy atom. The monoisotopic (exact) mass is 874 g/mol. The summed E-state index contributed by atoms with van der Waals surface area (Å²) in [6.07, 6.45) is 50.8. The molecule has 5 atom stereocenters. The summed E-state index contributed by atoms with van der Waals surface area (Å²) in [5.74, 6) is -2.58. The highest BCUT2D eigenvalue weighted by atomic mass is 31.2. The van der Waals surface area contributed by atoms with Gasteiger partial charge in [-0.3, -0.25) is 23.4 Å². The molecule has 61 heavy (non-hydrogen) atoms. The summed E-state index contributed by atoms with van der Waals surface area (Å²) >= 11 is 0. The van der Waals surface area contributed by atoms with Crippen LogP contribution in [0.1, 0.15) is 142 Å². The number of carboxylic acids is 1. The van der Waals surface area contributed by atoms with E-state index in [9.17, 15) is 23.8 Å². The topological polar surface area (TPSA) is 184 Å². The lowest BCUT2D eigenvalue weighted by atomic mass is 10.1. The van der Waals surface area contributed by atoms with Crippen molar-refractivity contribution in [3.8, 4) is 0 Å². The number of epoxide rings is 1. The molecule has 12 nitrogen and oxygen atoms in total. The van der Waals surface area contributed by atoms with E-state index in [1.54, 1.807) is 0 Å². The number of phosphoric ester groups is 1. The van der Waals surface area contributed by atoms with Crippen LogP contribution in [0.15, 0.2) is 97.2 Å². The maximum Gasteiger partial charge on any atom is 0.472 e. The highest BCUT2D eigenvalue weighted by Crippen LogP contribution is 2.43. The molecule has 1 fully saturated rings. The highest BCUT2D eigenvalue weighted by molar-refractivity contribution is 7.47. The van der Waals surface area contributed by atoms with Crippen LogP contribution in [-0.2, 0) is 42.2 Å². The van der Waals surface area contributed by atoms with E-state index in [1.807, 2.05) is 18.2 Å². The smallest absolute Gasteiger partial charge is 0.472 e. The minimum Gasteiger partial charge on any atom is -0.480 e. The fourth-order valence-electron chi connectivity index (χ4n) is 5.60. The van der Waals surface area contributed by atoms with Crippen molar-refractivity contribution in [3.63, 3.8) is 0 Å². The molecular weight excluding hydrogens is 797 g/mol. The van der Waals surface area contributed by atoms with Crippen LogP contribution in [-0.4, -0.2) is 72.1 Å². The van der Waals surface area contributed by atoms with Crippen molar-refractivity contribution in [2.75, 3.05) is 19.8 Å². The number of carboxylic acid groups (broad SMARTS) is 1. The van der Waals surface area contributed by atoms with Gasteiger partial charge in [0.25, 0.3) is 0 Å². The molecule has 1 saturated heterocycles. The normalized spacial score (nSPS) is 17.9. The minimum absolute atomic E-state index is 0.0155. The van der Waals surface area contributed by atoms with E-state index < -0.39 is 57.7 Å². The van der Waals surface area contributed by atoms with Gasteiger partial charge in [-0.25, -0.2) is 4.57 Å². The third-order valence-electron chi connectivity index (χ3n) is 9.24. The van der Waals surface area contributed by atoms with Crippen molar-refractivity contribution in [2.45, 2.75) is 167 Å². The van der Waals surface area contributed by atoms with Gasteiger partial charge >= 0.3 is 25.7 Å². The van der Waals surface area contributed by atoms with E-state index in [1.165, 1.54) is 38.5 Å². The van der Waals surface area contributed by atoms with Crippen LogP contribution in [0.2, 0.25) is 0 Å². The summed E-state index contributed by atoms with van der Waals surface area (Å²) in [5.41, 5.74) is 5.33. The molecule has 0 aromatic carbocycles. The number of ether oxygens (including phenoxy) is 3. The van der Waals surface area contributed by atoms with Crippen molar-refractivity contribution in [2.24, 2.45) is 5.73 Å². The number of phosphoric acid groups is 1. The van der Waals surface area contributed by atoms with Gasteiger partial charge in [-0.1, -0.05) is 137 Å². The zero-order valence-corrected chi connectivity index (χ0v) is 37.8. The first-order valence-electron chi connectivity index (χ1n) is 22.4. The number of aliphatic carboxylic acids is 1. The van der Waals surface area contributed by atoms with Crippen molar-refractivity contribution in [3.05, 3.63) is 97.2 Å². The summed E-state index contributed by atoms with van der Waals surface area (Å²) in [6, 6.07) is -1.55. The summed E-state index contributed by atoms with van der Waals surface area (Å²) in [5, 5.41) is 8.90. The molecule has 344 valence electrons. The summed E-state index contributed by atoms with van der Waals surface area (Å²) in [7, 11) is -4.77. The Kier molecular flexibility index (Phi) is 34.6. The summed E-state index contributed by atoms with van der Waals surface area (Å²) in [4.78, 5) is 46.1. The van der Waals surface area contributed by atoms with Crippen LogP contribution in [0, 0.1) is 0 Å². The lowest BCUT2D eigenvalue weighted by Crippen LogP contribution is -2.34. The average Bonchev–Trinajstić information content (AvgIpc) is 3.99. The Morgan fingerprint density at radius 2 is 1.08 bits per heavy atom. The standard InChI is InChI=1S/C48H76NO11P/c1-3-5-7-9-11-13-15-17-18-19-20-21-22-23-25-27-29-31-33-37-47(51)59-42(40-57-61(54,55)58-41-43(49)48(52)53)39-56-46(50)38-34-36-45-44(60-45)35-32-30-28-26-24-16-14-12-10-8-6-4-2/h11-14,17-18,20-21,23-26,29-32,42-45H,3-10,15-16,19,22,27-28,33-41,49H2,1-2H3,(H,52,53)(H,54,55)/b13-11-,14-12-,18-17-,21-20-,25-23-,26-24-,31-29-,32-30-/t42-,43+,44?,45?/m1/s1. The first-order chi connectivity index (χ1) is 29.6. The van der Waals surface area contributed by atoms with Gasteiger partial charge in [-0.05, 0) is 89.9 Å². The predicted octanol–water partition coefficient (Wildman–Crippen LogP) is 11.0. The SMILES string of the molecule is CCCCC/C=C\C/C=C\C/C=C\C/C=C\C/C=C\CCC(=O)O[C@H](COC(=O)CCCC1OC1C/C=C\C/C=C\C/C=C\CCCCC)COP(=O)(O)OC[C@H](N)C(=O)O. The molecular formula is C48H76NO11P. The molecule has 0 aromatic heterocycles. The average molecular weight is 874 g/mol. The Hall–Kier alpha value is -3.64. The minimum atomic E-state index is -4.77. The molecule has 1 aliphatic heterocycles. The predicted molar refractivity (Wildman–Crippen MR) is 244 cm³/mol. The zero-order chi connectivity index (χ0) is 44.7.